The fourth-order valence-corrected chi connectivity index (χ4v) is 2.96. The fraction of sp³-hybridized carbons (Fsp3) is 0.286. The van der Waals surface area contributed by atoms with Crippen LogP contribution in [0.1, 0.15) is 36.6 Å². The second-order valence-corrected chi connectivity index (χ2v) is 6.50. The summed E-state index contributed by atoms with van der Waals surface area (Å²) in [5, 5.41) is 4.27. The Morgan fingerprint density at radius 3 is 2.64 bits per heavy atom. The summed E-state index contributed by atoms with van der Waals surface area (Å²) >= 11 is 0. The highest BCUT2D eigenvalue weighted by Crippen LogP contribution is 2.17. The van der Waals surface area contributed by atoms with Crippen molar-refractivity contribution in [2.24, 2.45) is 0 Å². The predicted octanol–water partition coefficient (Wildman–Crippen LogP) is 4.77. The molecule has 25 heavy (non-hydrogen) atoms. The Labute approximate surface area is 148 Å². The lowest BCUT2D eigenvalue weighted by atomic mass is 10.1. The van der Waals surface area contributed by atoms with E-state index < -0.39 is 0 Å². The lowest BCUT2D eigenvalue weighted by Crippen LogP contribution is -2.40. The van der Waals surface area contributed by atoms with Crippen LogP contribution in [-0.4, -0.2) is 22.5 Å². The molecular formula is C21H25N3O. The van der Waals surface area contributed by atoms with Gasteiger partial charge in [-0.05, 0) is 55.5 Å². The van der Waals surface area contributed by atoms with Gasteiger partial charge in [-0.25, -0.2) is 4.79 Å². The highest BCUT2D eigenvalue weighted by atomic mass is 16.2. The zero-order valence-corrected chi connectivity index (χ0v) is 15.0. The highest BCUT2D eigenvalue weighted by molar-refractivity contribution is 5.80. The summed E-state index contributed by atoms with van der Waals surface area (Å²) in [7, 11) is 0. The minimum atomic E-state index is -0.0373. The van der Waals surface area contributed by atoms with Crippen molar-refractivity contribution in [3.63, 3.8) is 0 Å². The summed E-state index contributed by atoms with van der Waals surface area (Å²) < 4.78 is 0. The van der Waals surface area contributed by atoms with Crippen LogP contribution in [0.3, 0.4) is 0 Å². The molecule has 0 aliphatic rings. The third-order valence-electron chi connectivity index (χ3n) is 4.58. The van der Waals surface area contributed by atoms with E-state index in [0.29, 0.717) is 13.1 Å². The minimum Gasteiger partial charge on any atom is -0.361 e. The number of hydrogen-bond donors (Lipinski definition) is 2. The molecule has 1 atom stereocenters. The quantitative estimate of drug-likeness (QED) is 0.693. The molecule has 0 spiro atoms. The molecule has 0 unspecified atom stereocenters. The van der Waals surface area contributed by atoms with Gasteiger partial charge in [0, 0.05) is 24.8 Å². The van der Waals surface area contributed by atoms with Crippen molar-refractivity contribution in [1.29, 1.82) is 0 Å². The molecule has 0 aliphatic carbocycles. The van der Waals surface area contributed by atoms with E-state index in [2.05, 4.69) is 65.8 Å². The first-order chi connectivity index (χ1) is 12.1. The maximum Gasteiger partial charge on any atom is 0.318 e. The standard InChI is InChI=1S/C21H25N3O/c1-4-24(14-17-7-10-20-19(13-17)11-12-22-20)21(25)23-16(3)18-8-5-15(2)6-9-18/h5-13,16,22H,4,14H2,1-3H3,(H,23,25)/t16-/m1/s1. The zero-order valence-electron chi connectivity index (χ0n) is 15.0. The Balaban J connectivity index is 1.66. The lowest BCUT2D eigenvalue weighted by molar-refractivity contribution is 0.195. The second-order valence-electron chi connectivity index (χ2n) is 6.50. The zero-order chi connectivity index (χ0) is 17.8. The number of hydrogen-bond acceptors (Lipinski definition) is 1. The first-order valence-electron chi connectivity index (χ1n) is 8.75. The van der Waals surface area contributed by atoms with Gasteiger partial charge in [-0.1, -0.05) is 35.9 Å². The summed E-state index contributed by atoms with van der Waals surface area (Å²) in [6.45, 7) is 7.35. The van der Waals surface area contributed by atoms with Crippen LogP contribution in [0.5, 0.6) is 0 Å². The number of carbonyl (C=O) groups is 1. The average Bonchev–Trinajstić information content (AvgIpc) is 3.07. The molecule has 130 valence electrons. The molecule has 0 aliphatic heterocycles. The van der Waals surface area contributed by atoms with E-state index in [4.69, 9.17) is 0 Å². The maximum atomic E-state index is 12.7. The molecule has 0 radical (unpaired) electrons. The summed E-state index contributed by atoms with van der Waals surface area (Å²) in [6, 6.07) is 16.5. The van der Waals surface area contributed by atoms with Gasteiger partial charge in [-0.2, -0.15) is 0 Å². The van der Waals surface area contributed by atoms with E-state index in [0.717, 1.165) is 16.6 Å². The number of H-pyrrole nitrogens is 1. The molecule has 3 aromatic rings. The van der Waals surface area contributed by atoms with Crippen molar-refractivity contribution < 1.29 is 4.79 Å². The molecule has 0 saturated heterocycles. The van der Waals surface area contributed by atoms with E-state index in [1.165, 1.54) is 10.9 Å². The summed E-state index contributed by atoms with van der Waals surface area (Å²) in [4.78, 5) is 17.7. The molecule has 0 bridgehead atoms. The average molecular weight is 335 g/mol. The van der Waals surface area contributed by atoms with E-state index in [1.807, 2.05) is 24.9 Å². The predicted molar refractivity (Wildman–Crippen MR) is 103 cm³/mol. The number of carbonyl (C=O) groups excluding carboxylic acids is 1. The van der Waals surface area contributed by atoms with Crippen LogP contribution in [0.4, 0.5) is 4.79 Å². The van der Waals surface area contributed by atoms with Gasteiger partial charge in [0.05, 0.1) is 6.04 Å². The Kier molecular flexibility index (Phi) is 5.08. The number of nitrogens with one attached hydrogen (secondary N) is 2. The molecular weight excluding hydrogens is 310 g/mol. The van der Waals surface area contributed by atoms with Gasteiger partial charge < -0.3 is 15.2 Å². The molecule has 1 heterocycles. The van der Waals surface area contributed by atoms with Crippen LogP contribution >= 0.6 is 0 Å². The molecule has 2 amide bonds. The molecule has 0 fully saturated rings. The number of benzene rings is 2. The van der Waals surface area contributed by atoms with Gasteiger partial charge in [0.1, 0.15) is 0 Å². The molecule has 2 aromatic carbocycles. The largest absolute Gasteiger partial charge is 0.361 e. The third-order valence-corrected chi connectivity index (χ3v) is 4.58. The SMILES string of the molecule is CCN(Cc1ccc2[nH]ccc2c1)C(=O)N[C@H](C)c1ccc(C)cc1. The normalized spacial score (nSPS) is 12.1. The van der Waals surface area contributed by atoms with Crippen molar-refractivity contribution in [2.45, 2.75) is 33.4 Å². The number of aromatic amines is 1. The second kappa shape index (κ2) is 7.43. The number of aryl methyl sites for hydroxylation is 1. The van der Waals surface area contributed by atoms with Crippen LogP contribution in [0.15, 0.2) is 54.7 Å². The summed E-state index contributed by atoms with van der Waals surface area (Å²) in [5.74, 6) is 0. The van der Waals surface area contributed by atoms with Crippen molar-refractivity contribution in [2.75, 3.05) is 6.54 Å². The van der Waals surface area contributed by atoms with Crippen molar-refractivity contribution in [3.8, 4) is 0 Å². The minimum absolute atomic E-state index is 0.0192. The molecule has 1 aromatic heterocycles. The number of fused-ring (bicyclic) bond motifs is 1. The van der Waals surface area contributed by atoms with Crippen LogP contribution in [0.2, 0.25) is 0 Å². The molecule has 3 rings (SSSR count). The first kappa shape index (κ1) is 17.1. The van der Waals surface area contributed by atoms with Crippen molar-refractivity contribution in [3.05, 3.63) is 71.4 Å². The summed E-state index contributed by atoms with van der Waals surface area (Å²) in [6.07, 6.45) is 1.93. The monoisotopic (exact) mass is 335 g/mol. The van der Waals surface area contributed by atoms with Gasteiger partial charge in [0.15, 0.2) is 0 Å². The van der Waals surface area contributed by atoms with E-state index in [9.17, 15) is 4.79 Å². The maximum absolute atomic E-state index is 12.7. The van der Waals surface area contributed by atoms with Crippen LogP contribution in [-0.2, 0) is 6.54 Å². The molecule has 4 heteroatoms. The van der Waals surface area contributed by atoms with E-state index >= 15 is 0 Å². The van der Waals surface area contributed by atoms with Crippen LogP contribution in [0, 0.1) is 6.92 Å². The topological polar surface area (TPSA) is 48.1 Å². The van der Waals surface area contributed by atoms with Crippen LogP contribution in [0.25, 0.3) is 10.9 Å². The number of rotatable bonds is 5. The van der Waals surface area contributed by atoms with E-state index in [-0.39, 0.29) is 12.1 Å². The summed E-state index contributed by atoms with van der Waals surface area (Å²) in [5.41, 5.74) is 4.58. The third kappa shape index (κ3) is 4.02. The van der Waals surface area contributed by atoms with Gasteiger partial charge in [0.2, 0.25) is 0 Å². The lowest BCUT2D eigenvalue weighted by Gasteiger charge is -2.24. The number of amides is 2. The van der Waals surface area contributed by atoms with Crippen molar-refractivity contribution >= 4 is 16.9 Å². The van der Waals surface area contributed by atoms with Crippen LogP contribution < -0.4 is 5.32 Å². The smallest absolute Gasteiger partial charge is 0.318 e. The molecule has 4 nitrogen and oxygen atoms in total. The highest BCUT2D eigenvalue weighted by Gasteiger charge is 2.15. The number of aromatic nitrogens is 1. The fourth-order valence-electron chi connectivity index (χ4n) is 2.96. The number of urea groups is 1. The van der Waals surface area contributed by atoms with Gasteiger partial charge in [-0.15, -0.1) is 0 Å². The molecule has 0 saturated carbocycles. The van der Waals surface area contributed by atoms with Gasteiger partial charge >= 0.3 is 6.03 Å². The van der Waals surface area contributed by atoms with E-state index in [1.54, 1.807) is 0 Å². The Bertz CT molecular complexity index is 851. The van der Waals surface area contributed by atoms with Gasteiger partial charge in [0.25, 0.3) is 0 Å². The van der Waals surface area contributed by atoms with Gasteiger partial charge in [-0.3, -0.25) is 0 Å². The Morgan fingerprint density at radius 1 is 1.16 bits per heavy atom. The van der Waals surface area contributed by atoms with Crippen molar-refractivity contribution in [1.82, 2.24) is 15.2 Å². The molecule has 2 N–H and O–H groups in total. The Morgan fingerprint density at radius 2 is 1.92 bits per heavy atom. The Hall–Kier alpha value is -2.75. The first-order valence-corrected chi connectivity index (χ1v) is 8.75. The number of nitrogens with zero attached hydrogens (tertiary/aromatic N) is 1.